The molecular weight excluding hydrogens is 306 g/mol. The molecule has 2 heterocycles. The van der Waals surface area contributed by atoms with Gasteiger partial charge in [0.2, 0.25) is 5.95 Å². The molecule has 7 heteroatoms. The van der Waals surface area contributed by atoms with E-state index in [9.17, 15) is 4.79 Å². The van der Waals surface area contributed by atoms with Gasteiger partial charge in [-0.25, -0.2) is 14.8 Å². The zero-order chi connectivity index (χ0) is 17.1. The number of aromatic nitrogens is 4. The van der Waals surface area contributed by atoms with Crippen LogP contribution in [0.3, 0.4) is 0 Å². The number of H-pyrrole nitrogens is 1. The van der Waals surface area contributed by atoms with Crippen LogP contribution in [0.15, 0.2) is 24.4 Å². The molecule has 3 rings (SSSR count). The number of benzene rings is 1. The molecule has 0 radical (unpaired) electrons. The van der Waals surface area contributed by atoms with Crippen molar-refractivity contribution in [2.75, 3.05) is 11.9 Å². The third kappa shape index (κ3) is 3.19. The van der Waals surface area contributed by atoms with E-state index in [1.165, 1.54) is 5.56 Å². The van der Waals surface area contributed by atoms with Crippen LogP contribution in [-0.2, 0) is 6.42 Å². The summed E-state index contributed by atoms with van der Waals surface area (Å²) in [4.78, 5) is 19.6. The Kier molecular flexibility index (Phi) is 4.41. The Labute approximate surface area is 139 Å². The lowest BCUT2D eigenvalue weighted by atomic mass is 10.1. The number of aryl methyl sites for hydroxylation is 3. The zero-order valence-electron chi connectivity index (χ0n) is 13.6. The van der Waals surface area contributed by atoms with Gasteiger partial charge < -0.3 is 10.4 Å². The van der Waals surface area contributed by atoms with E-state index in [4.69, 9.17) is 5.11 Å². The summed E-state index contributed by atoms with van der Waals surface area (Å²) in [6.45, 7) is 4.07. The first-order valence-electron chi connectivity index (χ1n) is 7.79. The van der Waals surface area contributed by atoms with Crippen molar-refractivity contribution in [3.05, 3.63) is 46.9 Å². The Hall–Kier alpha value is -2.96. The van der Waals surface area contributed by atoms with Crippen molar-refractivity contribution in [1.29, 1.82) is 0 Å². The molecule has 0 amide bonds. The smallest absolute Gasteiger partial charge is 0.339 e. The lowest BCUT2D eigenvalue weighted by molar-refractivity contribution is 0.0694. The van der Waals surface area contributed by atoms with Gasteiger partial charge in [-0.1, -0.05) is 12.1 Å². The number of anilines is 1. The second kappa shape index (κ2) is 6.66. The maximum absolute atomic E-state index is 11.1. The Balaban J connectivity index is 1.61. The van der Waals surface area contributed by atoms with E-state index in [1.807, 2.05) is 18.3 Å². The van der Waals surface area contributed by atoms with Crippen molar-refractivity contribution in [3.63, 3.8) is 0 Å². The highest BCUT2D eigenvalue weighted by atomic mass is 16.4. The fourth-order valence-electron chi connectivity index (χ4n) is 2.83. The number of nitrogens with zero attached hydrogens (tertiary/aromatic N) is 3. The van der Waals surface area contributed by atoms with E-state index in [0.717, 1.165) is 23.7 Å². The fraction of sp³-hybridized carbons (Fsp3) is 0.294. The van der Waals surface area contributed by atoms with E-state index in [-0.39, 0.29) is 5.56 Å². The summed E-state index contributed by atoms with van der Waals surface area (Å²) in [6, 6.07) is 6.13. The maximum atomic E-state index is 11.1. The molecule has 0 bridgehead atoms. The summed E-state index contributed by atoms with van der Waals surface area (Å²) >= 11 is 0. The molecule has 2 aromatic heterocycles. The largest absolute Gasteiger partial charge is 0.478 e. The van der Waals surface area contributed by atoms with E-state index in [1.54, 1.807) is 13.8 Å². The molecule has 124 valence electrons. The number of carbonyl (C=O) groups is 1. The van der Waals surface area contributed by atoms with Gasteiger partial charge >= 0.3 is 5.97 Å². The number of carboxylic acid groups (broad SMARTS) is 1. The van der Waals surface area contributed by atoms with E-state index < -0.39 is 5.97 Å². The Morgan fingerprint density at radius 2 is 2.00 bits per heavy atom. The number of rotatable bonds is 6. The van der Waals surface area contributed by atoms with Crippen molar-refractivity contribution in [3.8, 4) is 0 Å². The van der Waals surface area contributed by atoms with E-state index >= 15 is 0 Å². The van der Waals surface area contributed by atoms with Gasteiger partial charge in [0, 0.05) is 11.9 Å². The molecule has 3 N–H and O–H groups in total. The first kappa shape index (κ1) is 15.9. The molecule has 0 aliphatic heterocycles. The fourth-order valence-corrected chi connectivity index (χ4v) is 2.83. The molecule has 1 aromatic carbocycles. The number of aromatic amines is 1. The molecule has 0 fully saturated rings. The Bertz CT molecular complexity index is 865. The van der Waals surface area contributed by atoms with E-state index in [2.05, 4.69) is 31.5 Å². The van der Waals surface area contributed by atoms with Gasteiger partial charge in [-0.2, -0.15) is 5.10 Å². The molecule has 0 aliphatic rings. The predicted molar refractivity (Wildman–Crippen MR) is 91.4 cm³/mol. The Morgan fingerprint density at radius 3 is 2.71 bits per heavy atom. The lowest BCUT2D eigenvalue weighted by Crippen LogP contribution is -2.12. The van der Waals surface area contributed by atoms with Gasteiger partial charge in [0.1, 0.15) is 5.56 Å². The predicted octanol–water partition coefficient (Wildman–Crippen LogP) is 2.71. The van der Waals surface area contributed by atoms with Crippen molar-refractivity contribution >= 4 is 22.8 Å². The van der Waals surface area contributed by atoms with Crippen LogP contribution in [0.1, 0.15) is 33.7 Å². The third-order valence-corrected chi connectivity index (χ3v) is 3.97. The van der Waals surface area contributed by atoms with Crippen molar-refractivity contribution < 1.29 is 9.90 Å². The number of hydrogen-bond acceptors (Lipinski definition) is 5. The van der Waals surface area contributed by atoms with E-state index in [0.29, 0.717) is 23.9 Å². The number of fused-ring (bicyclic) bond motifs is 1. The third-order valence-electron chi connectivity index (χ3n) is 3.97. The van der Waals surface area contributed by atoms with Gasteiger partial charge in [-0.3, -0.25) is 5.10 Å². The second-order valence-electron chi connectivity index (χ2n) is 5.68. The van der Waals surface area contributed by atoms with Crippen LogP contribution in [0.5, 0.6) is 0 Å². The summed E-state index contributed by atoms with van der Waals surface area (Å²) in [6.07, 6.45) is 3.67. The van der Waals surface area contributed by atoms with Crippen molar-refractivity contribution in [2.24, 2.45) is 0 Å². The van der Waals surface area contributed by atoms with Crippen LogP contribution in [0.4, 0.5) is 5.95 Å². The highest BCUT2D eigenvalue weighted by Crippen LogP contribution is 2.17. The molecule has 0 atom stereocenters. The van der Waals surface area contributed by atoms with Crippen LogP contribution < -0.4 is 5.32 Å². The minimum Gasteiger partial charge on any atom is -0.478 e. The minimum atomic E-state index is -0.996. The van der Waals surface area contributed by atoms with Gasteiger partial charge in [0.25, 0.3) is 0 Å². The standard InChI is InChI=1S/C17H19N5O2/c1-10-15(16(23)24)11(2)21-17(20-10)18-8-4-6-12-5-3-7-14-13(12)9-19-22-14/h3,5,7,9H,4,6,8H2,1-2H3,(H,19,22)(H,23,24)(H,18,20,21). The number of carboxylic acids is 1. The lowest BCUT2D eigenvalue weighted by Gasteiger charge is -2.09. The summed E-state index contributed by atoms with van der Waals surface area (Å²) < 4.78 is 0. The molecule has 0 aliphatic carbocycles. The van der Waals surface area contributed by atoms with Crippen LogP contribution in [0, 0.1) is 13.8 Å². The Morgan fingerprint density at radius 1 is 1.25 bits per heavy atom. The summed E-state index contributed by atoms with van der Waals surface area (Å²) in [5.74, 6) is -0.527. The van der Waals surface area contributed by atoms with Gasteiger partial charge in [-0.15, -0.1) is 0 Å². The first-order valence-corrected chi connectivity index (χ1v) is 7.79. The van der Waals surface area contributed by atoms with Crippen LogP contribution in [-0.4, -0.2) is 37.8 Å². The van der Waals surface area contributed by atoms with Crippen LogP contribution >= 0.6 is 0 Å². The number of aromatic carboxylic acids is 1. The summed E-state index contributed by atoms with van der Waals surface area (Å²) in [7, 11) is 0. The zero-order valence-corrected chi connectivity index (χ0v) is 13.6. The highest BCUT2D eigenvalue weighted by molar-refractivity contribution is 5.90. The molecule has 3 aromatic rings. The molecular formula is C17H19N5O2. The average Bonchev–Trinajstić information content (AvgIpc) is 2.99. The highest BCUT2D eigenvalue weighted by Gasteiger charge is 2.14. The number of nitrogens with one attached hydrogen (secondary N) is 2. The molecule has 0 spiro atoms. The minimum absolute atomic E-state index is 0.173. The first-order chi connectivity index (χ1) is 11.6. The van der Waals surface area contributed by atoms with Gasteiger partial charge in [0.05, 0.1) is 23.1 Å². The molecule has 7 nitrogen and oxygen atoms in total. The maximum Gasteiger partial charge on any atom is 0.339 e. The van der Waals surface area contributed by atoms with Crippen LogP contribution in [0.25, 0.3) is 10.9 Å². The second-order valence-corrected chi connectivity index (χ2v) is 5.68. The molecule has 0 saturated heterocycles. The summed E-state index contributed by atoms with van der Waals surface area (Å²) in [5, 5.41) is 20.5. The molecule has 0 saturated carbocycles. The van der Waals surface area contributed by atoms with Gasteiger partial charge in [-0.05, 0) is 38.3 Å². The average molecular weight is 325 g/mol. The SMILES string of the molecule is Cc1nc(NCCCc2cccc3[nH]ncc23)nc(C)c1C(=O)O. The monoisotopic (exact) mass is 325 g/mol. The van der Waals surface area contributed by atoms with Crippen molar-refractivity contribution in [1.82, 2.24) is 20.2 Å². The molecule has 0 unspecified atom stereocenters. The normalized spacial score (nSPS) is 10.9. The number of hydrogen-bond donors (Lipinski definition) is 3. The quantitative estimate of drug-likeness (QED) is 0.602. The summed E-state index contributed by atoms with van der Waals surface area (Å²) in [5.41, 5.74) is 3.41. The van der Waals surface area contributed by atoms with Crippen molar-refractivity contribution in [2.45, 2.75) is 26.7 Å². The topological polar surface area (TPSA) is 104 Å². The van der Waals surface area contributed by atoms with Gasteiger partial charge in [0.15, 0.2) is 0 Å². The molecule has 24 heavy (non-hydrogen) atoms. The van der Waals surface area contributed by atoms with Crippen LogP contribution in [0.2, 0.25) is 0 Å².